The first-order valence-corrected chi connectivity index (χ1v) is 5.79. The van der Waals surface area contributed by atoms with E-state index >= 15 is 0 Å². The third-order valence-corrected chi connectivity index (χ3v) is 2.80. The Hall–Kier alpha value is -0.830. The number of nitrogens with zero attached hydrogens (tertiary/aromatic N) is 1. The van der Waals surface area contributed by atoms with Crippen molar-refractivity contribution < 1.29 is 4.79 Å². The summed E-state index contributed by atoms with van der Waals surface area (Å²) in [6.07, 6.45) is 2.14. The Balaban J connectivity index is 2.50. The molecule has 3 heteroatoms. The van der Waals surface area contributed by atoms with E-state index in [0.29, 0.717) is 6.54 Å². The number of likely N-dealkylation sites (N-methyl/N-ethyl adjacent to an activating group) is 1. The van der Waals surface area contributed by atoms with Crippen LogP contribution in [0.15, 0.2) is 12.2 Å². The van der Waals surface area contributed by atoms with Crippen molar-refractivity contribution in [2.45, 2.75) is 26.7 Å². The maximum Gasteiger partial charge on any atom is 0.227 e. The highest BCUT2D eigenvalue weighted by Crippen LogP contribution is 2.14. The van der Waals surface area contributed by atoms with E-state index in [1.807, 2.05) is 18.7 Å². The Bertz CT molecular complexity index is 232. The van der Waals surface area contributed by atoms with Gasteiger partial charge in [0.2, 0.25) is 5.91 Å². The molecule has 1 rings (SSSR count). The Kier molecular flexibility index (Phi) is 4.82. The minimum atomic E-state index is 0.179. The third-order valence-electron chi connectivity index (χ3n) is 2.80. The van der Waals surface area contributed by atoms with E-state index in [-0.39, 0.29) is 11.8 Å². The van der Waals surface area contributed by atoms with Gasteiger partial charge in [-0.3, -0.25) is 4.79 Å². The summed E-state index contributed by atoms with van der Waals surface area (Å²) in [7, 11) is 0. The van der Waals surface area contributed by atoms with E-state index in [0.717, 1.165) is 38.0 Å². The molecule has 0 bridgehead atoms. The molecule has 3 nitrogen and oxygen atoms in total. The van der Waals surface area contributed by atoms with Gasteiger partial charge < -0.3 is 10.2 Å². The van der Waals surface area contributed by atoms with Gasteiger partial charge in [0.1, 0.15) is 0 Å². The standard InChI is InChI=1S/C12H22N2O/c1-4-14(9-10(2)3)12(15)11-6-5-7-13-8-11/h11,13H,2,4-9H2,1,3H3/t11-/m0/s1. The van der Waals surface area contributed by atoms with E-state index in [4.69, 9.17) is 0 Å². The highest BCUT2D eigenvalue weighted by Gasteiger charge is 2.24. The van der Waals surface area contributed by atoms with Crippen LogP contribution in [0.5, 0.6) is 0 Å². The number of rotatable bonds is 4. The van der Waals surface area contributed by atoms with Gasteiger partial charge in [0.25, 0.3) is 0 Å². The molecule has 0 aromatic carbocycles. The summed E-state index contributed by atoms with van der Waals surface area (Å²) in [4.78, 5) is 14.0. The van der Waals surface area contributed by atoms with Crippen molar-refractivity contribution in [2.75, 3.05) is 26.2 Å². The van der Waals surface area contributed by atoms with Gasteiger partial charge >= 0.3 is 0 Å². The van der Waals surface area contributed by atoms with Crippen molar-refractivity contribution in [2.24, 2.45) is 5.92 Å². The second-order valence-corrected chi connectivity index (χ2v) is 4.35. The van der Waals surface area contributed by atoms with Crippen LogP contribution in [0.2, 0.25) is 0 Å². The maximum atomic E-state index is 12.1. The molecule has 15 heavy (non-hydrogen) atoms. The van der Waals surface area contributed by atoms with Crippen molar-refractivity contribution in [3.8, 4) is 0 Å². The molecule has 0 aromatic rings. The molecule has 1 saturated heterocycles. The fraction of sp³-hybridized carbons (Fsp3) is 0.750. The molecule has 0 unspecified atom stereocenters. The Morgan fingerprint density at radius 1 is 1.60 bits per heavy atom. The molecule has 1 atom stereocenters. The van der Waals surface area contributed by atoms with Crippen LogP contribution in [0.1, 0.15) is 26.7 Å². The topological polar surface area (TPSA) is 32.3 Å². The molecule has 1 fully saturated rings. The lowest BCUT2D eigenvalue weighted by Crippen LogP contribution is -2.43. The van der Waals surface area contributed by atoms with Crippen molar-refractivity contribution in [1.82, 2.24) is 10.2 Å². The molecule has 1 aliphatic heterocycles. The van der Waals surface area contributed by atoms with Crippen LogP contribution in [0.3, 0.4) is 0 Å². The largest absolute Gasteiger partial charge is 0.339 e. The minimum Gasteiger partial charge on any atom is -0.339 e. The molecule has 0 saturated carbocycles. The molecule has 0 aliphatic carbocycles. The number of piperidine rings is 1. The first kappa shape index (κ1) is 12.2. The fourth-order valence-electron chi connectivity index (χ4n) is 1.99. The van der Waals surface area contributed by atoms with Crippen LogP contribution in [0, 0.1) is 5.92 Å². The van der Waals surface area contributed by atoms with Gasteiger partial charge in [0.15, 0.2) is 0 Å². The summed E-state index contributed by atoms with van der Waals surface area (Å²) >= 11 is 0. The van der Waals surface area contributed by atoms with Gasteiger partial charge in [-0.25, -0.2) is 0 Å². The van der Waals surface area contributed by atoms with Crippen LogP contribution in [0.4, 0.5) is 0 Å². The highest BCUT2D eigenvalue weighted by molar-refractivity contribution is 5.79. The van der Waals surface area contributed by atoms with E-state index in [9.17, 15) is 4.79 Å². The van der Waals surface area contributed by atoms with Crippen molar-refractivity contribution >= 4 is 5.91 Å². The summed E-state index contributed by atoms with van der Waals surface area (Å²) in [5.41, 5.74) is 1.05. The summed E-state index contributed by atoms with van der Waals surface area (Å²) < 4.78 is 0. The molecule has 1 heterocycles. The SMILES string of the molecule is C=C(C)CN(CC)C(=O)[C@H]1CCCNC1. The molecule has 1 amide bonds. The van der Waals surface area contributed by atoms with E-state index in [1.54, 1.807) is 0 Å². The fourth-order valence-corrected chi connectivity index (χ4v) is 1.99. The summed E-state index contributed by atoms with van der Waals surface area (Å²) in [6, 6.07) is 0. The van der Waals surface area contributed by atoms with E-state index < -0.39 is 0 Å². The van der Waals surface area contributed by atoms with Crippen LogP contribution in [0.25, 0.3) is 0 Å². The Labute approximate surface area is 92.5 Å². The number of hydrogen-bond acceptors (Lipinski definition) is 2. The molecule has 0 radical (unpaired) electrons. The van der Waals surface area contributed by atoms with E-state index in [2.05, 4.69) is 11.9 Å². The number of carbonyl (C=O) groups is 1. The summed E-state index contributed by atoms with van der Waals surface area (Å²) in [5, 5.41) is 3.28. The summed E-state index contributed by atoms with van der Waals surface area (Å²) in [5.74, 6) is 0.464. The number of nitrogens with one attached hydrogen (secondary N) is 1. The molecular weight excluding hydrogens is 188 g/mol. The quantitative estimate of drug-likeness (QED) is 0.712. The van der Waals surface area contributed by atoms with Crippen molar-refractivity contribution in [3.05, 3.63) is 12.2 Å². The maximum absolute atomic E-state index is 12.1. The zero-order chi connectivity index (χ0) is 11.3. The van der Waals surface area contributed by atoms with Gasteiger partial charge in [0, 0.05) is 19.6 Å². The first-order valence-electron chi connectivity index (χ1n) is 5.79. The second kappa shape index (κ2) is 5.91. The predicted octanol–water partition coefficient (Wildman–Crippen LogP) is 1.41. The normalized spacial score (nSPS) is 21.1. The number of amides is 1. The average molecular weight is 210 g/mol. The lowest BCUT2D eigenvalue weighted by Gasteiger charge is -2.29. The van der Waals surface area contributed by atoms with Crippen LogP contribution >= 0.6 is 0 Å². The van der Waals surface area contributed by atoms with Gasteiger partial charge in [-0.2, -0.15) is 0 Å². The second-order valence-electron chi connectivity index (χ2n) is 4.35. The van der Waals surface area contributed by atoms with Gasteiger partial charge in [-0.15, -0.1) is 0 Å². The highest BCUT2D eigenvalue weighted by atomic mass is 16.2. The molecule has 1 N–H and O–H groups in total. The lowest BCUT2D eigenvalue weighted by molar-refractivity contribution is -0.135. The molecule has 1 aliphatic rings. The van der Waals surface area contributed by atoms with Gasteiger partial charge in [-0.1, -0.05) is 12.2 Å². The van der Waals surface area contributed by atoms with Gasteiger partial charge in [-0.05, 0) is 33.2 Å². The van der Waals surface area contributed by atoms with Crippen LogP contribution < -0.4 is 5.32 Å². The first-order chi connectivity index (χ1) is 7.15. The van der Waals surface area contributed by atoms with Crippen LogP contribution in [-0.4, -0.2) is 37.0 Å². The average Bonchev–Trinajstić information content (AvgIpc) is 2.26. The van der Waals surface area contributed by atoms with Crippen molar-refractivity contribution in [3.63, 3.8) is 0 Å². The van der Waals surface area contributed by atoms with Gasteiger partial charge in [0.05, 0.1) is 5.92 Å². The zero-order valence-corrected chi connectivity index (χ0v) is 9.88. The number of carbonyl (C=O) groups excluding carboxylic acids is 1. The smallest absolute Gasteiger partial charge is 0.227 e. The van der Waals surface area contributed by atoms with Crippen molar-refractivity contribution in [1.29, 1.82) is 0 Å². The zero-order valence-electron chi connectivity index (χ0n) is 9.88. The minimum absolute atomic E-state index is 0.179. The molecule has 86 valence electrons. The monoisotopic (exact) mass is 210 g/mol. The Morgan fingerprint density at radius 2 is 2.33 bits per heavy atom. The molecule has 0 aromatic heterocycles. The Morgan fingerprint density at radius 3 is 2.80 bits per heavy atom. The molecular formula is C12H22N2O. The predicted molar refractivity (Wildman–Crippen MR) is 62.7 cm³/mol. The summed E-state index contributed by atoms with van der Waals surface area (Å²) in [6.45, 7) is 11.2. The molecule has 0 spiro atoms. The number of hydrogen-bond donors (Lipinski definition) is 1. The van der Waals surface area contributed by atoms with E-state index in [1.165, 1.54) is 0 Å². The van der Waals surface area contributed by atoms with Crippen LogP contribution in [-0.2, 0) is 4.79 Å². The third kappa shape index (κ3) is 3.67. The lowest BCUT2D eigenvalue weighted by atomic mass is 9.98.